The summed E-state index contributed by atoms with van der Waals surface area (Å²) in [5, 5.41) is 8.86. The zero-order valence-corrected chi connectivity index (χ0v) is 10.5. The predicted octanol–water partition coefficient (Wildman–Crippen LogP) is -0.0696. The van der Waals surface area contributed by atoms with Crippen molar-refractivity contribution in [3.63, 3.8) is 0 Å². The van der Waals surface area contributed by atoms with Gasteiger partial charge in [0.25, 0.3) is 0 Å². The van der Waals surface area contributed by atoms with Crippen LogP contribution in [0, 0.1) is 5.92 Å². The Kier molecular flexibility index (Phi) is 3.54. The molecule has 1 aliphatic heterocycles. The van der Waals surface area contributed by atoms with E-state index in [0.29, 0.717) is 12.6 Å². The number of likely N-dealkylation sites (tertiary alicyclic amines) is 1. The van der Waals surface area contributed by atoms with Gasteiger partial charge in [-0.2, -0.15) is 0 Å². The van der Waals surface area contributed by atoms with E-state index in [1.807, 2.05) is 6.92 Å². The molecule has 0 radical (unpaired) electrons. The zero-order valence-electron chi connectivity index (χ0n) is 10.5. The molecule has 1 atom stereocenters. The monoisotopic (exact) mass is 254 g/mol. The van der Waals surface area contributed by atoms with E-state index in [-0.39, 0.29) is 31.3 Å². The van der Waals surface area contributed by atoms with Crippen molar-refractivity contribution in [1.82, 2.24) is 9.80 Å². The molecular formula is C12H18N2O4. The highest BCUT2D eigenvalue weighted by Gasteiger charge is 2.37. The van der Waals surface area contributed by atoms with Gasteiger partial charge in [-0.05, 0) is 19.8 Å². The van der Waals surface area contributed by atoms with Crippen molar-refractivity contribution in [3.05, 3.63) is 0 Å². The largest absolute Gasteiger partial charge is 0.481 e. The van der Waals surface area contributed by atoms with Gasteiger partial charge in [-0.15, -0.1) is 0 Å². The minimum Gasteiger partial charge on any atom is -0.481 e. The molecule has 1 aliphatic carbocycles. The highest BCUT2D eigenvalue weighted by molar-refractivity contribution is 5.90. The lowest BCUT2D eigenvalue weighted by Crippen LogP contribution is -2.42. The number of carboxylic acids is 1. The molecule has 0 aromatic heterocycles. The van der Waals surface area contributed by atoms with Gasteiger partial charge in [-0.3, -0.25) is 14.4 Å². The molecule has 1 heterocycles. The maximum absolute atomic E-state index is 12.0. The molecule has 6 heteroatoms. The predicted molar refractivity (Wildman–Crippen MR) is 62.7 cm³/mol. The summed E-state index contributed by atoms with van der Waals surface area (Å²) >= 11 is 0. The van der Waals surface area contributed by atoms with E-state index >= 15 is 0 Å². The van der Waals surface area contributed by atoms with Crippen molar-refractivity contribution in [3.8, 4) is 0 Å². The molecule has 1 saturated carbocycles. The van der Waals surface area contributed by atoms with Gasteiger partial charge >= 0.3 is 5.97 Å². The van der Waals surface area contributed by atoms with Gasteiger partial charge in [0.15, 0.2) is 0 Å². The lowest BCUT2D eigenvalue weighted by molar-refractivity contribution is -0.141. The summed E-state index contributed by atoms with van der Waals surface area (Å²) in [5.41, 5.74) is 0. The molecule has 2 fully saturated rings. The fourth-order valence-corrected chi connectivity index (χ4v) is 2.37. The van der Waals surface area contributed by atoms with Gasteiger partial charge < -0.3 is 14.9 Å². The highest BCUT2D eigenvalue weighted by Crippen LogP contribution is 2.27. The third kappa shape index (κ3) is 2.63. The van der Waals surface area contributed by atoms with E-state index in [1.165, 1.54) is 4.90 Å². The Labute approximate surface area is 106 Å². The van der Waals surface area contributed by atoms with Gasteiger partial charge in [0.05, 0.1) is 12.5 Å². The van der Waals surface area contributed by atoms with Crippen LogP contribution < -0.4 is 0 Å². The van der Waals surface area contributed by atoms with Crippen molar-refractivity contribution in [1.29, 1.82) is 0 Å². The third-order valence-corrected chi connectivity index (χ3v) is 3.54. The van der Waals surface area contributed by atoms with Crippen LogP contribution >= 0.6 is 0 Å². The molecule has 2 rings (SSSR count). The van der Waals surface area contributed by atoms with E-state index in [0.717, 1.165) is 12.8 Å². The molecule has 18 heavy (non-hydrogen) atoms. The first-order chi connectivity index (χ1) is 8.52. The number of carboxylic acid groups (broad SMARTS) is 1. The summed E-state index contributed by atoms with van der Waals surface area (Å²) in [6.45, 7) is 2.74. The number of carbonyl (C=O) groups is 3. The number of hydrogen-bond acceptors (Lipinski definition) is 3. The van der Waals surface area contributed by atoms with Crippen LogP contribution in [0.3, 0.4) is 0 Å². The highest BCUT2D eigenvalue weighted by atomic mass is 16.4. The summed E-state index contributed by atoms with van der Waals surface area (Å²) in [5.74, 6) is -1.93. The Hall–Kier alpha value is -1.59. The maximum Gasteiger partial charge on any atom is 0.308 e. The molecule has 2 amide bonds. The quantitative estimate of drug-likeness (QED) is 0.745. The average molecular weight is 254 g/mol. The number of hydrogen-bond donors (Lipinski definition) is 1. The van der Waals surface area contributed by atoms with Crippen molar-refractivity contribution in [2.24, 2.45) is 5.92 Å². The Morgan fingerprint density at radius 2 is 2.11 bits per heavy atom. The van der Waals surface area contributed by atoms with Crippen LogP contribution in [0.5, 0.6) is 0 Å². The molecule has 0 aromatic carbocycles. The van der Waals surface area contributed by atoms with E-state index in [2.05, 4.69) is 0 Å². The lowest BCUT2D eigenvalue weighted by Gasteiger charge is -2.24. The number of rotatable bonds is 5. The second kappa shape index (κ2) is 4.96. The van der Waals surface area contributed by atoms with E-state index in [9.17, 15) is 14.4 Å². The number of likely N-dealkylation sites (N-methyl/N-ethyl adjacent to an activating group) is 1. The second-order valence-corrected chi connectivity index (χ2v) is 4.92. The maximum atomic E-state index is 12.0. The molecule has 1 saturated heterocycles. The van der Waals surface area contributed by atoms with Crippen LogP contribution in [0.1, 0.15) is 26.2 Å². The molecule has 6 nitrogen and oxygen atoms in total. The number of carbonyl (C=O) groups excluding carboxylic acids is 2. The minimum atomic E-state index is -0.965. The summed E-state index contributed by atoms with van der Waals surface area (Å²) in [4.78, 5) is 37.6. The summed E-state index contributed by atoms with van der Waals surface area (Å²) in [6, 6.07) is 0.329. The third-order valence-electron chi connectivity index (χ3n) is 3.54. The van der Waals surface area contributed by atoms with Crippen LogP contribution in [0.2, 0.25) is 0 Å². The first-order valence-corrected chi connectivity index (χ1v) is 6.33. The van der Waals surface area contributed by atoms with Crippen LogP contribution in [-0.2, 0) is 14.4 Å². The Morgan fingerprint density at radius 3 is 2.56 bits per heavy atom. The molecule has 0 bridgehead atoms. The first kappa shape index (κ1) is 12.9. The lowest BCUT2D eigenvalue weighted by atomic mass is 10.1. The molecule has 100 valence electrons. The molecular weight excluding hydrogens is 236 g/mol. The van der Waals surface area contributed by atoms with Gasteiger partial charge in [-0.25, -0.2) is 0 Å². The SMILES string of the molecule is CCN(C(=O)CN1CC(C(=O)O)CC1=O)C1CC1. The summed E-state index contributed by atoms with van der Waals surface area (Å²) in [6.07, 6.45) is 2.08. The van der Waals surface area contributed by atoms with Crippen LogP contribution in [0.25, 0.3) is 0 Å². The van der Waals surface area contributed by atoms with Crippen molar-refractivity contribution in [2.75, 3.05) is 19.6 Å². The number of nitrogens with zero attached hydrogens (tertiary/aromatic N) is 2. The second-order valence-electron chi connectivity index (χ2n) is 4.92. The van der Waals surface area contributed by atoms with Crippen molar-refractivity contribution >= 4 is 17.8 Å². The molecule has 1 N–H and O–H groups in total. The Bertz CT molecular complexity index is 378. The Morgan fingerprint density at radius 1 is 1.44 bits per heavy atom. The van der Waals surface area contributed by atoms with Crippen molar-refractivity contribution in [2.45, 2.75) is 32.2 Å². The van der Waals surface area contributed by atoms with Crippen molar-refractivity contribution < 1.29 is 19.5 Å². The summed E-state index contributed by atoms with van der Waals surface area (Å²) < 4.78 is 0. The fourth-order valence-electron chi connectivity index (χ4n) is 2.37. The van der Waals surface area contributed by atoms with E-state index in [1.54, 1.807) is 4.90 Å². The molecule has 0 spiro atoms. The van der Waals surface area contributed by atoms with Crippen LogP contribution in [0.4, 0.5) is 0 Å². The normalized spacial score (nSPS) is 23.3. The smallest absolute Gasteiger partial charge is 0.308 e. The first-order valence-electron chi connectivity index (χ1n) is 6.33. The topological polar surface area (TPSA) is 77.9 Å². The standard InChI is InChI=1S/C12H18N2O4/c1-2-14(9-3-4-9)11(16)7-13-6-8(12(17)18)5-10(13)15/h8-9H,2-7H2,1H3,(H,17,18). The van der Waals surface area contributed by atoms with E-state index in [4.69, 9.17) is 5.11 Å². The van der Waals surface area contributed by atoms with E-state index < -0.39 is 11.9 Å². The van der Waals surface area contributed by atoms with Gasteiger partial charge in [-0.1, -0.05) is 0 Å². The van der Waals surface area contributed by atoms with Gasteiger partial charge in [0, 0.05) is 25.6 Å². The van der Waals surface area contributed by atoms with Gasteiger partial charge in [0.1, 0.15) is 0 Å². The number of aliphatic carboxylic acids is 1. The average Bonchev–Trinajstić information content (AvgIpc) is 3.06. The summed E-state index contributed by atoms with van der Waals surface area (Å²) in [7, 11) is 0. The Balaban J connectivity index is 1.91. The molecule has 2 aliphatic rings. The zero-order chi connectivity index (χ0) is 13.3. The molecule has 0 aromatic rings. The number of amides is 2. The van der Waals surface area contributed by atoms with Crippen LogP contribution in [0.15, 0.2) is 0 Å². The van der Waals surface area contributed by atoms with Gasteiger partial charge in [0.2, 0.25) is 11.8 Å². The van der Waals surface area contributed by atoms with Crippen LogP contribution in [-0.4, -0.2) is 58.4 Å². The molecule has 1 unspecified atom stereocenters. The fraction of sp³-hybridized carbons (Fsp3) is 0.750. The minimum absolute atomic E-state index is 0.0121.